The zero-order valence-corrected chi connectivity index (χ0v) is 14.3. The van der Waals surface area contributed by atoms with Crippen LogP contribution in [0.25, 0.3) is 11.3 Å². The van der Waals surface area contributed by atoms with Crippen LogP contribution in [0.2, 0.25) is 0 Å². The average Bonchev–Trinajstić information content (AvgIpc) is 3.36. The van der Waals surface area contributed by atoms with Crippen molar-refractivity contribution in [2.24, 2.45) is 11.7 Å². The fourth-order valence-electron chi connectivity index (χ4n) is 2.97. The van der Waals surface area contributed by atoms with Crippen LogP contribution in [0.4, 0.5) is 0 Å². The van der Waals surface area contributed by atoms with E-state index >= 15 is 0 Å². The number of carbonyl (C=O) groups is 2. The summed E-state index contributed by atoms with van der Waals surface area (Å²) in [5.41, 5.74) is 7.04. The number of carbonyl (C=O) groups excluding carboxylic acids is 2. The normalized spacial score (nSPS) is 14.9. The van der Waals surface area contributed by atoms with Crippen LogP contribution in [0.1, 0.15) is 37.3 Å². The number of aryl methyl sites for hydroxylation is 2. The van der Waals surface area contributed by atoms with Crippen molar-refractivity contribution >= 4 is 11.8 Å². The first-order valence-corrected chi connectivity index (χ1v) is 8.62. The molecule has 0 bridgehead atoms. The van der Waals surface area contributed by atoms with Crippen molar-refractivity contribution < 1.29 is 14.0 Å². The van der Waals surface area contributed by atoms with Gasteiger partial charge in [0.25, 0.3) is 0 Å². The minimum atomic E-state index is -0.381. The molecule has 1 aromatic carbocycles. The quantitative estimate of drug-likeness (QED) is 0.770. The predicted molar refractivity (Wildman–Crippen MR) is 93.5 cm³/mol. The van der Waals surface area contributed by atoms with E-state index in [1.165, 1.54) is 0 Å². The van der Waals surface area contributed by atoms with Gasteiger partial charge in [-0.2, -0.15) is 0 Å². The van der Waals surface area contributed by atoms with E-state index < -0.39 is 0 Å². The molecule has 6 nitrogen and oxygen atoms in total. The Hall–Kier alpha value is -2.63. The second kappa shape index (κ2) is 7.51. The zero-order valence-electron chi connectivity index (χ0n) is 14.3. The highest BCUT2D eigenvalue weighted by Gasteiger charge is 2.33. The lowest BCUT2D eigenvalue weighted by molar-refractivity contribution is -0.122. The number of nitrogens with one attached hydrogen (secondary N) is 1. The summed E-state index contributed by atoms with van der Waals surface area (Å²) >= 11 is 0. The van der Waals surface area contributed by atoms with E-state index in [1.54, 1.807) is 0 Å². The Balaban J connectivity index is 1.56. The van der Waals surface area contributed by atoms with Crippen LogP contribution in [-0.4, -0.2) is 22.8 Å². The molecule has 1 aliphatic carbocycles. The number of nitrogens with zero attached hydrogens (tertiary/aromatic N) is 1. The maximum Gasteiger partial charge on any atom is 0.220 e. The van der Waals surface area contributed by atoms with Gasteiger partial charge in [-0.1, -0.05) is 30.3 Å². The predicted octanol–water partition coefficient (Wildman–Crippen LogP) is 2.35. The van der Waals surface area contributed by atoms with Crippen molar-refractivity contribution in [2.75, 3.05) is 0 Å². The monoisotopic (exact) mass is 341 g/mol. The lowest BCUT2D eigenvalue weighted by atomic mass is 10.1. The lowest BCUT2D eigenvalue weighted by Gasteiger charge is -2.16. The summed E-state index contributed by atoms with van der Waals surface area (Å²) in [4.78, 5) is 27.7. The molecular weight excluding hydrogens is 318 g/mol. The third-order valence-corrected chi connectivity index (χ3v) is 4.40. The number of primary amides is 1. The molecule has 1 aliphatic rings. The molecule has 0 aliphatic heterocycles. The highest BCUT2D eigenvalue weighted by atomic mass is 16.4. The van der Waals surface area contributed by atoms with Crippen molar-refractivity contribution in [3.63, 3.8) is 0 Å². The van der Waals surface area contributed by atoms with Gasteiger partial charge < -0.3 is 15.5 Å². The molecule has 0 spiro atoms. The number of amides is 2. The maximum absolute atomic E-state index is 12.2. The molecular formula is C19H23N3O3. The Bertz CT molecular complexity index is 751. The van der Waals surface area contributed by atoms with Gasteiger partial charge >= 0.3 is 0 Å². The number of benzene rings is 1. The van der Waals surface area contributed by atoms with Crippen LogP contribution in [0, 0.1) is 12.8 Å². The average molecular weight is 341 g/mol. The lowest BCUT2D eigenvalue weighted by Crippen LogP contribution is -2.39. The second-order valence-corrected chi connectivity index (χ2v) is 6.57. The van der Waals surface area contributed by atoms with E-state index in [0.717, 1.165) is 29.9 Å². The van der Waals surface area contributed by atoms with Crippen LogP contribution in [0.5, 0.6) is 0 Å². The minimum absolute atomic E-state index is 0.102. The minimum Gasteiger partial charge on any atom is -0.440 e. The topological polar surface area (TPSA) is 98.2 Å². The molecule has 0 saturated heterocycles. The van der Waals surface area contributed by atoms with Crippen molar-refractivity contribution in [3.8, 4) is 11.3 Å². The van der Waals surface area contributed by atoms with Crippen LogP contribution in [-0.2, 0) is 16.0 Å². The Morgan fingerprint density at radius 2 is 2.04 bits per heavy atom. The number of oxazole rings is 1. The highest BCUT2D eigenvalue weighted by molar-refractivity contribution is 5.79. The molecule has 1 saturated carbocycles. The molecule has 3 rings (SSSR count). The molecule has 6 heteroatoms. The summed E-state index contributed by atoms with van der Waals surface area (Å²) in [5.74, 6) is 1.18. The third kappa shape index (κ3) is 4.68. The molecule has 1 heterocycles. The van der Waals surface area contributed by atoms with Gasteiger partial charge in [0.1, 0.15) is 0 Å². The molecule has 2 amide bonds. The van der Waals surface area contributed by atoms with Crippen molar-refractivity contribution in [1.29, 1.82) is 0 Å². The Labute approximate surface area is 146 Å². The van der Waals surface area contributed by atoms with E-state index in [9.17, 15) is 9.59 Å². The first-order chi connectivity index (χ1) is 12.0. The summed E-state index contributed by atoms with van der Waals surface area (Å²) in [6, 6.07) is 9.63. The first kappa shape index (κ1) is 17.2. The molecule has 1 aromatic heterocycles. The van der Waals surface area contributed by atoms with Gasteiger partial charge in [0.15, 0.2) is 11.7 Å². The van der Waals surface area contributed by atoms with Crippen molar-refractivity contribution in [3.05, 3.63) is 41.9 Å². The fraction of sp³-hybridized carbons (Fsp3) is 0.421. The van der Waals surface area contributed by atoms with Gasteiger partial charge in [0, 0.05) is 30.9 Å². The molecule has 2 aromatic rings. The maximum atomic E-state index is 12.2. The SMILES string of the molecule is Cc1nc(CCC(=O)N[C@H](CC(N)=O)C2CC2)oc1-c1ccccc1. The van der Waals surface area contributed by atoms with Gasteiger partial charge in [-0.25, -0.2) is 4.98 Å². The highest BCUT2D eigenvalue weighted by Crippen LogP contribution is 2.34. The second-order valence-electron chi connectivity index (χ2n) is 6.57. The number of rotatable bonds is 8. The smallest absolute Gasteiger partial charge is 0.220 e. The molecule has 1 atom stereocenters. The molecule has 3 N–H and O–H groups in total. The van der Waals surface area contributed by atoms with Crippen molar-refractivity contribution in [1.82, 2.24) is 10.3 Å². The summed E-state index contributed by atoms with van der Waals surface area (Å²) < 4.78 is 5.81. The van der Waals surface area contributed by atoms with E-state index in [2.05, 4.69) is 10.3 Å². The third-order valence-electron chi connectivity index (χ3n) is 4.40. The van der Waals surface area contributed by atoms with E-state index in [-0.39, 0.29) is 30.7 Å². The van der Waals surface area contributed by atoms with Crippen LogP contribution in [0.15, 0.2) is 34.7 Å². The van der Waals surface area contributed by atoms with Gasteiger partial charge in [0.05, 0.1) is 5.69 Å². The van der Waals surface area contributed by atoms with Crippen LogP contribution >= 0.6 is 0 Å². The Kier molecular flexibility index (Phi) is 5.16. The molecule has 25 heavy (non-hydrogen) atoms. The summed E-state index contributed by atoms with van der Waals surface area (Å²) in [5, 5.41) is 2.92. The van der Waals surface area contributed by atoms with Crippen molar-refractivity contribution in [2.45, 2.75) is 45.1 Å². The fourth-order valence-corrected chi connectivity index (χ4v) is 2.97. The summed E-state index contributed by atoms with van der Waals surface area (Å²) in [6.45, 7) is 1.89. The zero-order chi connectivity index (χ0) is 17.8. The van der Waals surface area contributed by atoms with E-state index in [1.807, 2.05) is 37.3 Å². The van der Waals surface area contributed by atoms with Crippen LogP contribution in [0.3, 0.4) is 0 Å². The van der Waals surface area contributed by atoms with E-state index in [4.69, 9.17) is 10.2 Å². The summed E-state index contributed by atoms with van der Waals surface area (Å²) in [6.07, 6.45) is 2.98. The number of nitrogens with two attached hydrogens (primary N) is 1. The standard InChI is InChI=1S/C19H23N3O3/c1-12-19(14-5-3-2-4-6-14)25-18(21-12)10-9-17(24)22-15(11-16(20)23)13-7-8-13/h2-6,13,15H,7-11H2,1H3,(H2,20,23)(H,22,24)/t15-/m1/s1. The number of aromatic nitrogens is 1. The van der Waals surface area contributed by atoms with Crippen LogP contribution < -0.4 is 11.1 Å². The number of hydrogen-bond donors (Lipinski definition) is 2. The molecule has 0 radical (unpaired) electrons. The molecule has 132 valence electrons. The number of hydrogen-bond acceptors (Lipinski definition) is 4. The Morgan fingerprint density at radius 3 is 2.68 bits per heavy atom. The van der Waals surface area contributed by atoms with E-state index in [0.29, 0.717) is 18.2 Å². The van der Waals surface area contributed by atoms with Gasteiger partial charge in [-0.3, -0.25) is 9.59 Å². The molecule has 1 fully saturated rings. The Morgan fingerprint density at radius 1 is 1.32 bits per heavy atom. The summed E-state index contributed by atoms with van der Waals surface area (Å²) in [7, 11) is 0. The van der Waals surface area contributed by atoms with Gasteiger partial charge in [0.2, 0.25) is 11.8 Å². The molecule has 0 unspecified atom stereocenters. The first-order valence-electron chi connectivity index (χ1n) is 8.62. The largest absolute Gasteiger partial charge is 0.440 e. The van der Waals surface area contributed by atoms with Gasteiger partial charge in [-0.15, -0.1) is 0 Å². The van der Waals surface area contributed by atoms with Gasteiger partial charge in [-0.05, 0) is 25.7 Å².